The third-order valence-corrected chi connectivity index (χ3v) is 3.30. The number of nitrogens with two attached hydrogens (primary N) is 2. The molecule has 8 heteroatoms. The lowest BCUT2D eigenvalue weighted by molar-refractivity contribution is -0.123. The Balaban J connectivity index is 2.47. The molecule has 0 aliphatic carbocycles. The highest BCUT2D eigenvalue weighted by Crippen LogP contribution is 2.02. The molecule has 0 aliphatic heterocycles. The Labute approximate surface area is 141 Å². The molecule has 1 unspecified atom stereocenters. The van der Waals surface area contributed by atoms with Crippen LogP contribution in [0.3, 0.4) is 0 Å². The zero-order chi connectivity index (χ0) is 17.8. The van der Waals surface area contributed by atoms with Crippen molar-refractivity contribution >= 4 is 12.0 Å². The molecule has 0 heterocycles. The molecule has 0 saturated carbocycles. The molecule has 0 aromatic heterocycles. The van der Waals surface area contributed by atoms with E-state index in [1.54, 1.807) is 0 Å². The Morgan fingerprint density at radius 2 is 1.92 bits per heavy atom. The summed E-state index contributed by atoms with van der Waals surface area (Å²) in [5.74, 6) is -0.410. The van der Waals surface area contributed by atoms with Crippen molar-refractivity contribution in [3.63, 3.8) is 0 Å². The van der Waals surface area contributed by atoms with E-state index in [-0.39, 0.29) is 19.7 Å². The number of aliphatic hydroxyl groups excluding tert-OH is 1. The summed E-state index contributed by atoms with van der Waals surface area (Å²) in [6, 6.07) is 8.45. The van der Waals surface area contributed by atoms with Crippen molar-refractivity contribution in [2.45, 2.75) is 31.6 Å². The van der Waals surface area contributed by atoms with Crippen LogP contribution in [-0.2, 0) is 16.1 Å². The predicted molar refractivity (Wildman–Crippen MR) is 89.9 cm³/mol. The van der Waals surface area contributed by atoms with Crippen molar-refractivity contribution in [3.05, 3.63) is 35.9 Å². The molecule has 2 atom stereocenters. The quantitative estimate of drug-likeness (QED) is 0.388. The first-order chi connectivity index (χ1) is 11.6. The van der Waals surface area contributed by atoms with E-state index in [0.717, 1.165) is 5.56 Å². The van der Waals surface area contributed by atoms with Gasteiger partial charge in [0.25, 0.3) is 0 Å². The predicted octanol–water partition coefficient (Wildman–Crippen LogP) is -0.544. The van der Waals surface area contributed by atoms with Gasteiger partial charge in [0, 0.05) is 13.1 Å². The van der Waals surface area contributed by atoms with Gasteiger partial charge in [-0.1, -0.05) is 30.3 Å². The van der Waals surface area contributed by atoms with Gasteiger partial charge in [-0.15, -0.1) is 0 Å². The maximum Gasteiger partial charge on any atom is 0.408 e. The van der Waals surface area contributed by atoms with Gasteiger partial charge < -0.3 is 31.9 Å². The second-order valence-corrected chi connectivity index (χ2v) is 5.32. The number of hydrogen-bond donors (Lipinski definition) is 5. The minimum Gasteiger partial charge on any atom is -0.445 e. The number of ether oxygens (including phenoxy) is 1. The number of benzene rings is 1. The number of alkyl carbamates (subject to hydrolysis) is 1. The standard InChI is InChI=1S/C16H26N4O4/c17-8-4-7-14(15(22)19-10-13(21)9-18)20-16(23)24-11-12-5-2-1-3-6-12/h1-3,5-6,13-14,21H,4,7-11,17-18H2,(H,19,22)(H,20,23)/t13?,14-/m0/s1. The molecule has 1 aromatic carbocycles. The summed E-state index contributed by atoms with van der Waals surface area (Å²) in [6.45, 7) is 0.579. The minimum absolute atomic E-state index is 0.0230. The summed E-state index contributed by atoms with van der Waals surface area (Å²) < 4.78 is 5.10. The summed E-state index contributed by atoms with van der Waals surface area (Å²) >= 11 is 0. The lowest BCUT2D eigenvalue weighted by atomic mass is 10.1. The van der Waals surface area contributed by atoms with E-state index in [4.69, 9.17) is 16.2 Å². The van der Waals surface area contributed by atoms with Crippen molar-refractivity contribution in [1.29, 1.82) is 0 Å². The van der Waals surface area contributed by atoms with Crippen LogP contribution in [0.4, 0.5) is 4.79 Å². The zero-order valence-electron chi connectivity index (χ0n) is 13.6. The largest absolute Gasteiger partial charge is 0.445 e. The molecule has 7 N–H and O–H groups in total. The number of hydrogen-bond acceptors (Lipinski definition) is 6. The van der Waals surface area contributed by atoms with Crippen molar-refractivity contribution in [1.82, 2.24) is 10.6 Å². The van der Waals surface area contributed by atoms with Gasteiger partial charge in [-0.2, -0.15) is 0 Å². The average molecular weight is 338 g/mol. The molecular formula is C16H26N4O4. The molecule has 0 spiro atoms. The topological polar surface area (TPSA) is 140 Å². The highest BCUT2D eigenvalue weighted by molar-refractivity contribution is 5.85. The first-order valence-electron chi connectivity index (χ1n) is 7.90. The van der Waals surface area contributed by atoms with Gasteiger partial charge in [0.15, 0.2) is 0 Å². The molecule has 0 bridgehead atoms. The smallest absolute Gasteiger partial charge is 0.408 e. The van der Waals surface area contributed by atoms with Crippen LogP contribution in [0.5, 0.6) is 0 Å². The first-order valence-corrected chi connectivity index (χ1v) is 7.90. The maximum absolute atomic E-state index is 12.1. The summed E-state index contributed by atoms with van der Waals surface area (Å²) in [7, 11) is 0. The van der Waals surface area contributed by atoms with Crippen molar-refractivity contribution in [2.75, 3.05) is 19.6 Å². The monoisotopic (exact) mass is 338 g/mol. The van der Waals surface area contributed by atoms with Gasteiger partial charge in [0.2, 0.25) is 5.91 Å². The van der Waals surface area contributed by atoms with Crippen LogP contribution in [0.25, 0.3) is 0 Å². The second-order valence-electron chi connectivity index (χ2n) is 5.32. The minimum atomic E-state index is -0.825. The van der Waals surface area contributed by atoms with Crippen LogP contribution in [-0.4, -0.2) is 48.9 Å². The fourth-order valence-corrected chi connectivity index (χ4v) is 1.92. The van der Waals surface area contributed by atoms with Gasteiger partial charge in [-0.25, -0.2) is 4.79 Å². The van der Waals surface area contributed by atoms with Crippen molar-refractivity contribution in [3.8, 4) is 0 Å². The fraction of sp³-hybridized carbons (Fsp3) is 0.500. The summed E-state index contributed by atoms with van der Waals surface area (Å²) in [4.78, 5) is 24.0. The van der Waals surface area contributed by atoms with Gasteiger partial charge in [0.1, 0.15) is 12.6 Å². The summed E-state index contributed by atoms with van der Waals surface area (Å²) in [6.07, 6.45) is -0.567. The second kappa shape index (κ2) is 11.4. The van der Waals surface area contributed by atoms with E-state index < -0.39 is 24.1 Å². The summed E-state index contributed by atoms with van der Waals surface area (Å²) in [5.41, 5.74) is 11.6. The van der Waals surface area contributed by atoms with Crippen LogP contribution < -0.4 is 22.1 Å². The van der Waals surface area contributed by atoms with E-state index >= 15 is 0 Å². The highest BCUT2D eigenvalue weighted by atomic mass is 16.5. The lowest BCUT2D eigenvalue weighted by Gasteiger charge is -2.19. The highest BCUT2D eigenvalue weighted by Gasteiger charge is 2.21. The van der Waals surface area contributed by atoms with Crippen molar-refractivity contribution < 1.29 is 19.4 Å². The Kier molecular flexibility index (Phi) is 9.44. The lowest BCUT2D eigenvalue weighted by Crippen LogP contribution is -2.49. The molecular weight excluding hydrogens is 312 g/mol. The summed E-state index contributed by atoms with van der Waals surface area (Å²) in [5, 5.41) is 14.4. The van der Waals surface area contributed by atoms with E-state index in [1.165, 1.54) is 0 Å². The van der Waals surface area contributed by atoms with Gasteiger partial charge >= 0.3 is 6.09 Å². The van der Waals surface area contributed by atoms with Crippen LogP contribution >= 0.6 is 0 Å². The van der Waals surface area contributed by atoms with E-state index in [1.807, 2.05) is 30.3 Å². The van der Waals surface area contributed by atoms with Gasteiger partial charge in [0.05, 0.1) is 6.10 Å². The first kappa shape index (κ1) is 19.9. The van der Waals surface area contributed by atoms with Gasteiger partial charge in [-0.3, -0.25) is 4.79 Å². The molecule has 134 valence electrons. The Bertz CT molecular complexity index is 498. The number of aliphatic hydroxyl groups is 1. The number of rotatable bonds is 10. The molecule has 0 fully saturated rings. The number of carbonyl (C=O) groups excluding carboxylic acids is 2. The molecule has 8 nitrogen and oxygen atoms in total. The maximum atomic E-state index is 12.1. The van der Waals surface area contributed by atoms with Crippen LogP contribution in [0.15, 0.2) is 30.3 Å². The third-order valence-electron chi connectivity index (χ3n) is 3.30. The van der Waals surface area contributed by atoms with Crippen molar-refractivity contribution in [2.24, 2.45) is 11.5 Å². The molecule has 2 amide bonds. The molecule has 1 aromatic rings. The molecule has 0 saturated heterocycles. The van der Waals surface area contributed by atoms with Crippen LogP contribution in [0.2, 0.25) is 0 Å². The third kappa shape index (κ3) is 7.91. The number of nitrogens with one attached hydrogen (secondary N) is 2. The van der Waals surface area contributed by atoms with E-state index in [0.29, 0.717) is 19.4 Å². The normalized spacial score (nSPS) is 13.0. The molecule has 1 rings (SSSR count). The van der Waals surface area contributed by atoms with Crippen LogP contribution in [0, 0.1) is 0 Å². The Hall–Kier alpha value is -2.16. The average Bonchev–Trinajstić information content (AvgIpc) is 2.61. The Morgan fingerprint density at radius 3 is 2.54 bits per heavy atom. The van der Waals surface area contributed by atoms with Crippen LogP contribution in [0.1, 0.15) is 18.4 Å². The Morgan fingerprint density at radius 1 is 1.21 bits per heavy atom. The number of carbonyl (C=O) groups is 2. The fourth-order valence-electron chi connectivity index (χ4n) is 1.92. The van der Waals surface area contributed by atoms with E-state index in [9.17, 15) is 14.7 Å². The number of amides is 2. The van der Waals surface area contributed by atoms with E-state index in [2.05, 4.69) is 10.6 Å². The van der Waals surface area contributed by atoms with Gasteiger partial charge in [-0.05, 0) is 24.9 Å². The molecule has 24 heavy (non-hydrogen) atoms. The zero-order valence-corrected chi connectivity index (χ0v) is 13.6. The molecule has 0 aliphatic rings. The SMILES string of the molecule is NCCC[C@H](NC(=O)OCc1ccccc1)C(=O)NCC(O)CN. The molecule has 0 radical (unpaired) electrons.